The van der Waals surface area contributed by atoms with Gasteiger partial charge >= 0.3 is 0 Å². The smallest absolute Gasteiger partial charge is 0.142 e. The molecule has 6 heteroatoms. The summed E-state index contributed by atoms with van der Waals surface area (Å²) in [5, 5.41) is 12.7. The zero-order chi connectivity index (χ0) is 20.2. The zero-order valence-corrected chi connectivity index (χ0v) is 17.9. The van der Waals surface area contributed by atoms with E-state index in [4.69, 9.17) is 10.00 Å². The number of hydrogen-bond donors (Lipinski definition) is 1. The minimum atomic E-state index is -0.128. The van der Waals surface area contributed by atoms with Crippen molar-refractivity contribution in [2.24, 2.45) is 5.92 Å². The predicted octanol–water partition coefficient (Wildman–Crippen LogP) is 2.97. The third kappa shape index (κ3) is 5.22. The van der Waals surface area contributed by atoms with Crippen LogP contribution in [0.1, 0.15) is 46.2 Å². The van der Waals surface area contributed by atoms with E-state index in [2.05, 4.69) is 53.9 Å². The highest BCUT2D eigenvalue weighted by Crippen LogP contribution is 2.37. The Morgan fingerprint density at radius 3 is 2.64 bits per heavy atom. The Labute approximate surface area is 169 Å². The van der Waals surface area contributed by atoms with Crippen molar-refractivity contribution >= 4 is 5.82 Å². The van der Waals surface area contributed by atoms with Crippen molar-refractivity contribution in [3.8, 4) is 6.07 Å². The van der Waals surface area contributed by atoms with E-state index in [1.54, 1.807) is 6.07 Å². The van der Waals surface area contributed by atoms with Gasteiger partial charge in [0.1, 0.15) is 17.6 Å². The van der Waals surface area contributed by atoms with E-state index in [-0.39, 0.29) is 11.1 Å². The van der Waals surface area contributed by atoms with E-state index in [9.17, 15) is 0 Å². The number of hydrogen-bond acceptors (Lipinski definition) is 6. The second-order valence-corrected chi connectivity index (χ2v) is 9.31. The monoisotopic (exact) mass is 385 g/mol. The molecule has 154 valence electrons. The summed E-state index contributed by atoms with van der Waals surface area (Å²) in [7, 11) is 0. The van der Waals surface area contributed by atoms with E-state index in [0.29, 0.717) is 11.6 Å². The SMILES string of the molecule is CC(C)CN1CCN(C2(CNc3cccc(C#N)n3)CCOC(C)(C)C2)CC1. The standard InChI is InChI=1S/C22H35N5O/c1-18(2)15-26-9-11-27(12-10-26)22(8-13-28-21(3,4)16-22)17-24-20-7-5-6-19(14-23)25-20/h5-7,18H,8-13,15-17H2,1-4H3,(H,24,25). The van der Waals surface area contributed by atoms with Crippen LogP contribution in [0, 0.1) is 17.2 Å². The van der Waals surface area contributed by atoms with Crippen LogP contribution in [-0.2, 0) is 4.74 Å². The summed E-state index contributed by atoms with van der Waals surface area (Å²) >= 11 is 0. The van der Waals surface area contributed by atoms with Crippen LogP contribution in [0.3, 0.4) is 0 Å². The molecule has 2 aliphatic heterocycles. The third-order valence-electron chi connectivity index (χ3n) is 5.94. The number of nitriles is 1. The highest BCUT2D eigenvalue weighted by atomic mass is 16.5. The molecule has 6 nitrogen and oxygen atoms in total. The number of nitrogens with zero attached hydrogens (tertiary/aromatic N) is 4. The first-order chi connectivity index (χ1) is 13.3. The lowest BCUT2D eigenvalue weighted by molar-refractivity contribution is -0.123. The topological polar surface area (TPSA) is 64.4 Å². The van der Waals surface area contributed by atoms with Gasteiger partial charge in [0.15, 0.2) is 0 Å². The van der Waals surface area contributed by atoms with Crippen molar-refractivity contribution in [2.75, 3.05) is 51.2 Å². The Balaban J connectivity index is 1.72. The van der Waals surface area contributed by atoms with E-state index in [1.165, 1.54) is 6.54 Å². The molecule has 0 aliphatic carbocycles. The van der Waals surface area contributed by atoms with Gasteiger partial charge in [0.25, 0.3) is 0 Å². The number of rotatable bonds is 6. The van der Waals surface area contributed by atoms with Crippen LogP contribution < -0.4 is 5.32 Å². The first-order valence-corrected chi connectivity index (χ1v) is 10.5. The molecule has 1 aromatic heterocycles. The Kier molecular flexibility index (Phi) is 6.59. The predicted molar refractivity (Wildman–Crippen MR) is 112 cm³/mol. The summed E-state index contributed by atoms with van der Waals surface area (Å²) in [6.07, 6.45) is 2.01. The second kappa shape index (κ2) is 8.77. The molecule has 0 saturated carbocycles. The number of anilines is 1. The summed E-state index contributed by atoms with van der Waals surface area (Å²) < 4.78 is 6.05. The molecule has 1 unspecified atom stereocenters. The average molecular weight is 386 g/mol. The fraction of sp³-hybridized carbons (Fsp3) is 0.727. The highest BCUT2D eigenvalue weighted by molar-refractivity contribution is 5.39. The molecule has 2 aliphatic rings. The molecule has 1 atom stereocenters. The fourth-order valence-corrected chi connectivity index (χ4v) is 4.75. The molecule has 1 N–H and O–H groups in total. The van der Waals surface area contributed by atoms with Crippen LogP contribution in [0.25, 0.3) is 0 Å². The summed E-state index contributed by atoms with van der Waals surface area (Å²) in [6, 6.07) is 7.70. The number of piperazine rings is 1. The molecule has 0 spiro atoms. The summed E-state index contributed by atoms with van der Waals surface area (Å²) in [4.78, 5) is 9.67. The van der Waals surface area contributed by atoms with Crippen LogP contribution in [0.15, 0.2) is 18.2 Å². The molecule has 0 bridgehead atoms. The van der Waals surface area contributed by atoms with E-state index in [1.807, 2.05) is 12.1 Å². The number of nitrogens with one attached hydrogen (secondary N) is 1. The van der Waals surface area contributed by atoms with Gasteiger partial charge in [-0.25, -0.2) is 4.98 Å². The van der Waals surface area contributed by atoms with Gasteiger partial charge in [0, 0.05) is 51.4 Å². The van der Waals surface area contributed by atoms with Crippen LogP contribution in [0.4, 0.5) is 5.82 Å². The van der Waals surface area contributed by atoms with Crippen molar-refractivity contribution in [3.63, 3.8) is 0 Å². The lowest BCUT2D eigenvalue weighted by Crippen LogP contribution is -2.64. The van der Waals surface area contributed by atoms with Crippen LogP contribution in [0.5, 0.6) is 0 Å². The molecule has 3 heterocycles. The molecule has 28 heavy (non-hydrogen) atoms. The fourth-order valence-electron chi connectivity index (χ4n) is 4.75. The van der Waals surface area contributed by atoms with Crippen molar-refractivity contribution in [1.82, 2.24) is 14.8 Å². The van der Waals surface area contributed by atoms with Gasteiger partial charge < -0.3 is 15.0 Å². The Morgan fingerprint density at radius 1 is 1.25 bits per heavy atom. The molecule has 2 saturated heterocycles. The summed E-state index contributed by atoms with van der Waals surface area (Å²) in [6.45, 7) is 16.2. The molecule has 0 aromatic carbocycles. The van der Waals surface area contributed by atoms with Crippen molar-refractivity contribution in [3.05, 3.63) is 23.9 Å². The van der Waals surface area contributed by atoms with Crippen molar-refractivity contribution in [1.29, 1.82) is 5.26 Å². The molecular weight excluding hydrogens is 350 g/mol. The molecule has 2 fully saturated rings. The number of pyridine rings is 1. The van der Waals surface area contributed by atoms with Crippen LogP contribution >= 0.6 is 0 Å². The van der Waals surface area contributed by atoms with Crippen molar-refractivity contribution < 1.29 is 4.74 Å². The minimum Gasteiger partial charge on any atom is -0.375 e. The summed E-state index contributed by atoms with van der Waals surface area (Å²) in [5.41, 5.74) is 0.376. The normalized spacial score (nSPS) is 26.1. The molecule has 0 amide bonds. The maximum atomic E-state index is 9.12. The number of ether oxygens (including phenoxy) is 1. The molecule has 1 aromatic rings. The minimum absolute atomic E-state index is 0.0516. The van der Waals surface area contributed by atoms with Gasteiger partial charge in [-0.1, -0.05) is 19.9 Å². The van der Waals surface area contributed by atoms with Gasteiger partial charge in [0.05, 0.1) is 5.60 Å². The Morgan fingerprint density at radius 2 is 2.00 bits per heavy atom. The van der Waals surface area contributed by atoms with E-state index in [0.717, 1.165) is 58.0 Å². The van der Waals surface area contributed by atoms with E-state index >= 15 is 0 Å². The van der Waals surface area contributed by atoms with Gasteiger partial charge in [-0.05, 0) is 44.7 Å². The quantitative estimate of drug-likeness (QED) is 0.812. The molecular formula is C22H35N5O. The van der Waals surface area contributed by atoms with Gasteiger partial charge in [-0.3, -0.25) is 4.90 Å². The van der Waals surface area contributed by atoms with Gasteiger partial charge in [-0.15, -0.1) is 0 Å². The Hall–Kier alpha value is -1.68. The molecule has 3 rings (SSSR count). The van der Waals surface area contributed by atoms with Gasteiger partial charge in [0.2, 0.25) is 0 Å². The van der Waals surface area contributed by atoms with Crippen LogP contribution in [0.2, 0.25) is 0 Å². The zero-order valence-electron chi connectivity index (χ0n) is 17.9. The average Bonchev–Trinajstić information content (AvgIpc) is 2.66. The first-order valence-electron chi connectivity index (χ1n) is 10.5. The van der Waals surface area contributed by atoms with Crippen LogP contribution in [-0.4, -0.2) is 71.8 Å². The number of aromatic nitrogens is 1. The second-order valence-electron chi connectivity index (χ2n) is 9.31. The first kappa shape index (κ1) is 21.0. The van der Waals surface area contributed by atoms with Gasteiger partial charge in [-0.2, -0.15) is 5.26 Å². The summed E-state index contributed by atoms with van der Waals surface area (Å²) in [5.74, 6) is 1.49. The lowest BCUT2D eigenvalue weighted by atomic mass is 9.79. The maximum Gasteiger partial charge on any atom is 0.142 e. The third-order valence-corrected chi connectivity index (χ3v) is 5.94. The maximum absolute atomic E-state index is 9.12. The Bertz CT molecular complexity index is 690. The lowest BCUT2D eigenvalue weighted by Gasteiger charge is -2.53. The van der Waals surface area contributed by atoms with Crippen molar-refractivity contribution in [2.45, 2.75) is 51.7 Å². The molecule has 0 radical (unpaired) electrons. The van der Waals surface area contributed by atoms with E-state index < -0.39 is 0 Å². The largest absolute Gasteiger partial charge is 0.375 e. The highest BCUT2D eigenvalue weighted by Gasteiger charge is 2.45.